The lowest BCUT2D eigenvalue weighted by Crippen LogP contribution is -2.44. The molecule has 2 atom stereocenters. The van der Waals surface area contributed by atoms with Gasteiger partial charge in [0.25, 0.3) is 0 Å². The zero-order chi connectivity index (χ0) is 19.7. The van der Waals surface area contributed by atoms with Crippen molar-refractivity contribution in [1.82, 2.24) is 14.7 Å². The molecule has 1 saturated heterocycles. The third-order valence-electron chi connectivity index (χ3n) is 5.01. The standard InChI is InChI=1S/C19H22N4O4/c1-11-4-5-12(19(26)27)8-15(11)21-18(25)14-6-7-16(24)23(3)17(14)13-9-20-22(2)10-13/h4-5,8-10,14,17H,6-7H2,1-3H3,(H,21,25)(H,26,27). The molecule has 1 aliphatic rings. The van der Waals surface area contributed by atoms with Gasteiger partial charge in [-0.05, 0) is 31.0 Å². The number of benzene rings is 1. The number of anilines is 1. The molecular formula is C19H22N4O4. The van der Waals surface area contributed by atoms with Crippen molar-refractivity contribution in [2.24, 2.45) is 13.0 Å². The third kappa shape index (κ3) is 3.69. The maximum atomic E-state index is 13.0. The number of rotatable bonds is 4. The lowest BCUT2D eigenvalue weighted by atomic mass is 9.85. The average Bonchev–Trinajstić information content (AvgIpc) is 3.04. The molecule has 2 unspecified atom stereocenters. The van der Waals surface area contributed by atoms with Gasteiger partial charge in [0.2, 0.25) is 11.8 Å². The van der Waals surface area contributed by atoms with Crippen LogP contribution in [0.1, 0.15) is 40.4 Å². The molecule has 1 aliphatic heterocycles. The lowest BCUT2D eigenvalue weighted by molar-refractivity contribution is -0.140. The van der Waals surface area contributed by atoms with Crippen LogP contribution in [-0.2, 0) is 16.6 Å². The number of carboxylic acid groups (broad SMARTS) is 1. The normalized spacial score (nSPS) is 19.8. The summed E-state index contributed by atoms with van der Waals surface area (Å²) in [5, 5.41) is 16.2. The molecule has 27 heavy (non-hydrogen) atoms. The van der Waals surface area contributed by atoms with E-state index in [4.69, 9.17) is 0 Å². The Balaban J connectivity index is 1.89. The van der Waals surface area contributed by atoms with Gasteiger partial charge in [0.15, 0.2) is 0 Å². The van der Waals surface area contributed by atoms with E-state index in [1.165, 1.54) is 12.1 Å². The molecule has 8 heteroatoms. The van der Waals surface area contributed by atoms with Crippen LogP contribution in [0.4, 0.5) is 5.69 Å². The van der Waals surface area contributed by atoms with Gasteiger partial charge in [-0.25, -0.2) is 4.79 Å². The molecule has 2 heterocycles. The Labute approximate surface area is 156 Å². The summed E-state index contributed by atoms with van der Waals surface area (Å²) in [7, 11) is 3.47. The van der Waals surface area contributed by atoms with E-state index >= 15 is 0 Å². The van der Waals surface area contributed by atoms with Gasteiger partial charge >= 0.3 is 5.97 Å². The highest BCUT2D eigenvalue weighted by Gasteiger charge is 2.39. The maximum absolute atomic E-state index is 13.0. The Morgan fingerprint density at radius 1 is 1.30 bits per heavy atom. The summed E-state index contributed by atoms with van der Waals surface area (Å²) in [6, 6.07) is 4.20. The number of amides is 2. The van der Waals surface area contributed by atoms with Gasteiger partial charge < -0.3 is 15.3 Å². The van der Waals surface area contributed by atoms with Gasteiger partial charge in [0.1, 0.15) is 0 Å². The molecule has 8 nitrogen and oxygen atoms in total. The number of piperidine rings is 1. The van der Waals surface area contributed by atoms with Crippen molar-refractivity contribution in [2.75, 3.05) is 12.4 Å². The zero-order valence-corrected chi connectivity index (χ0v) is 15.5. The average molecular weight is 370 g/mol. The molecule has 2 N–H and O–H groups in total. The highest BCUT2D eigenvalue weighted by atomic mass is 16.4. The minimum absolute atomic E-state index is 0.0167. The molecule has 1 fully saturated rings. The van der Waals surface area contributed by atoms with E-state index in [1.807, 2.05) is 0 Å². The molecule has 0 radical (unpaired) electrons. The number of aromatic nitrogens is 2. The van der Waals surface area contributed by atoms with Gasteiger partial charge in [-0.2, -0.15) is 5.10 Å². The number of likely N-dealkylation sites (tertiary alicyclic amines) is 1. The Bertz CT molecular complexity index is 905. The van der Waals surface area contributed by atoms with Crippen LogP contribution in [0, 0.1) is 12.8 Å². The maximum Gasteiger partial charge on any atom is 0.335 e. The van der Waals surface area contributed by atoms with Crippen molar-refractivity contribution in [3.05, 3.63) is 47.3 Å². The lowest BCUT2D eigenvalue weighted by Gasteiger charge is -2.37. The van der Waals surface area contributed by atoms with E-state index in [2.05, 4.69) is 10.4 Å². The van der Waals surface area contributed by atoms with E-state index in [0.29, 0.717) is 18.5 Å². The van der Waals surface area contributed by atoms with Crippen molar-refractivity contribution >= 4 is 23.5 Å². The van der Waals surface area contributed by atoms with Crippen LogP contribution in [0.2, 0.25) is 0 Å². The van der Waals surface area contributed by atoms with E-state index in [9.17, 15) is 19.5 Å². The number of carbonyl (C=O) groups excluding carboxylic acids is 2. The number of aryl methyl sites for hydroxylation is 2. The van der Waals surface area contributed by atoms with Crippen LogP contribution in [0.3, 0.4) is 0 Å². The number of hydrogen-bond acceptors (Lipinski definition) is 4. The molecule has 3 rings (SSSR count). The Morgan fingerprint density at radius 3 is 2.67 bits per heavy atom. The van der Waals surface area contributed by atoms with Crippen LogP contribution in [0.25, 0.3) is 0 Å². The number of nitrogens with zero attached hydrogens (tertiary/aromatic N) is 3. The highest BCUT2D eigenvalue weighted by Crippen LogP contribution is 2.36. The molecule has 2 aromatic rings. The summed E-state index contributed by atoms with van der Waals surface area (Å²) >= 11 is 0. The van der Waals surface area contributed by atoms with Crippen molar-refractivity contribution in [2.45, 2.75) is 25.8 Å². The minimum Gasteiger partial charge on any atom is -0.478 e. The zero-order valence-electron chi connectivity index (χ0n) is 15.5. The second-order valence-corrected chi connectivity index (χ2v) is 6.87. The van der Waals surface area contributed by atoms with Gasteiger partial charge in [0, 0.05) is 38.0 Å². The van der Waals surface area contributed by atoms with Crippen LogP contribution in [-0.4, -0.2) is 44.6 Å². The first kappa shape index (κ1) is 18.6. The first-order valence-corrected chi connectivity index (χ1v) is 8.67. The molecule has 0 saturated carbocycles. The largest absolute Gasteiger partial charge is 0.478 e. The summed E-state index contributed by atoms with van der Waals surface area (Å²) in [5.41, 5.74) is 2.13. The van der Waals surface area contributed by atoms with Crippen molar-refractivity contribution < 1.29 is 19.5 Å². The van der Waals surface area contributed by atoms with E-state index < -0.39 is 17.9 Å². The van der Waals surface area contributed by atoms with Crippen molar-refractivity contribution in [1.29, 1.82) is 0 Å². The quantitative estimate of drug-likeness (QED) is 0.856. The number of carboxylic acids is 1. The first-order valence-electron chi connectivity index (χ1n) is 8.67. The van der Waals surface area contributed by atoms with Crippen molar-refractivity contribution in [3.8, 4) is 0 Å². The Morgan fingerprint density at radius 2 is 2.04 bits per heavy atom. The molecule has 2 amide bonds. The number of aromatic carboxylic acids is 1. The van der Waals surface area contributed by atoms with E-state index in [0.717, 1.165) is 11.1 Å². The minimum atomic E-state index is -1.05. The van der Waals surface area contributed by atoms with Gasteiger partial charge in [-0.15, -0.1) is 0 Å². The molecule has 0 bridgehead atoms. The second-order valence-electron chi connectivity index (χ2n) is 6.87. The van der Waals surface area contributed by atoms with Crippen LogP contribution in [0.15, 0.2) is 30.6 Å². The number of carbonyl (C=O) groups is 3. The molecule has 0 aliphatic carbocycles. The fraction of sp³-hybridized carbons (Fsp3) is 0.368. The molecule has 1 aromatic carbocycles. The monoisotopic (exact) mass is 370 g/mol. The molecule has 1 aromatic heterocycles. The summed E-state index contributed by atoms with van der Waals surface area (Å²) in [5.74, 6) is -1.77. The van der Waals surface area contributed by atoms with Crippen LogP contribution < -0.4 is 5.32 Å². The topological polar surface area (TPSA) is 105 Å². The number of hydrogen-bond donors (Lipinski definition) is 2. The molecule has 0 spiro atoms. The SMILES string of the molecule is Cc1ccc(C(=O)O)cc1NC(=O)C1CCC(=O)N(C)C1c1cnn(C)c1. The van der Waals surface area contributed by atoms with Gasteiger partial charge in [-0.1, -0.05) is 6.07 Å². The van der Waals surface area contributed by atoms with Crippen LogP contribution >= 0.6 is 0 Å². The molecule has 142 valence electrons. The van der Waals surface area contributed by atoms with Gasteiger partial charge in [-0.3, -0.25) is 14.3 Å². The fourth-order valence-corrected chi connectivity index (χ4v) is 3.48. The molecular weight excluding hydrogens is 348 g/mol. The fourth-order valence-electron chi connectivity index (χ4n) is 3.48. The summed E-state index contributed by atoms with van der Waals surface area (Å²) in [4.78, 5) is 38.0. The van der Waals surface area contributed by atoms with E-state index in [-0.39, 0.29) is 17.4 Å². The predicted octanol–water partition coefficient (Wildman–Crippen LogP) is 1.97. The highest BCUT2D eigenvalue weighted by molar-refractivity contribution is 5.97. The Kier molecular flexibility index (Phi) is 4.98. The number of nitrogens with one attached hydrogen (secondary N) is 1. The summed E-state index contributed by atoms with van der Waals surface area (Å²) < 4.78 is 1.64. The summed E-state index contributed by atoms with van der Waals surface area (Å²) in [6.45, 7) is 1.80. The van der Waals surface area contributed by atoms with Gasteiger partial charge in [0.05, 0.1) is 23.7 Å². The van der Waals surface area contributed by atoms with E-state index in [1.54, 1.807) is 49.1 Å². The third-order valence-corrected chi connectivity index (χ3v) is 5.01. The Hall–Kier alpha value is -3.16. The van der Waals surface area contributed by atoms with Crippen LogP contribution in [0.5, 0.6) is 0 Å². The predicted molar refractivity (Wildman–Crippen MR) is 98.2 cm³/mol. The second kappa shape index (κ2) is 7.22. The smallest absolute Gasteiger partial charge is 0.335 e. The first-order chi connectivity index (χ1) is 12.8. The van der Waals surface area contributed by atoms with Crippen molar-refractivity contribution in [3.63, 3.8) is 0 Å². The summed E-state index contributed by atoms with van der Waals surface area (Å²) in [6.07, 6.45) is 4.18.